The summed E-state index contributed by atoms with van der Waals surface area (Å²) in [7, 11) is 0. The summed E-state index contributed by atoms with van der Waals surface area (Å²) >= 11 is 3.40. The van der Waals surface area contributed by atoms with E-state index < -0.39 is 0 Å². The molecule has 0 saturated carbocycles. The number of hydrogen-bond donors (Lipinski definition) is 1. The third-order valence-corrected chi connectivity index (χ3v) is 3.31. The lowest BCUT2D eigenvalue weighted by atomic mass is 10.2. The number of benzene rings is 2. The second-order valence-electron chi connectivity index (χ2n) is 4.57. The Morgan fingerprint density at radius 2 is 2.05 bits per heavy atom. The fourth-order valence-electron chi connectivity index (χ4n) is 1.80. The fraction of sp³-hybridized carbons (Fsp3) is 0.125. The van der Waals surface area contributed by atoms with Gasteiger partial charge in [0.1, 0.15) is 5.75 Å². The molecule has 2 aromatic carbocycles. The molecule has 0 aromatic heterocycles. The van der Waals surface area contributed by atoms with E-state index in [1.54, 1.807) is 24.4 Å². The summed E-state index contributed by atoms with van der Waals surface area (Å²) in [5.74, 6) is 0.175. The minimum atomic E-state index is -0.340. The molecule has 0 fully saturated rings. The van der Waals surface area contributed by atoms with Gasteiger partial charge in [0.15, 0.2) is 0 Å². The smallest absolute Gasteiger partial charge is 0.308 e. The minimum Gasteiger partial charge on any atom is -0.427 e. The van der Waals surface area contributed by atoms with Gasteiger partial charge in [0, 0.05) is 28.9 Å². The Morgan fingerprint density at radius 3 is 2.71 bits per heavy atom. The average Bonchev–Trinajstić information content (AvgIpc) is 2.41. The average molecular weight is 347 g/mol. The number of hydrogen-bond acceptors (Lipinski definition) is 4. The van der Waals surface area contributed by atoms with Gasteiger partial charge in [-0.3, -0.25) is 9.79 Å². The Balaban J connectivity index is 2.25. The van der Waals surface area contributed by atoms with Gasteiger partial charge in [0.05, 0.1) is 5.69 Å². The molecule has 0 saturated heterocycles. The molecule has 0 aliphatic carbocycles. The maximum Gasteiger partial charge on any atom is 0.308 e. The highest BCUT2D eigenvalue weighted by Crippen LogP contribution is 2.24. The zero-order valence-electron chi connectivity index (χ0n) is 11.8. The van der Waals surface area contributed by atoms with Crippen molar-refractivity contribution in [1.29, 1.82) is 0 Å². The van der Waals surface area contributed by atoms with Crippen LogP contribution in [-0.4, -0.2) is 12.2 Å². The molecule has 21 heavy (non-hydrogen) atoms. The molecule has 0 aliphatic rings. The Hall–Kier alpha value is -2.14. The lowest BCUT2D eigenvalue weighted by molar-refractivity contribution is -0.131. The molecule has 0 spiro atoms. The number of anilines is 1. The molecule has 5 heteroatoms. The van der Waals surface area contributed by atoms with Crippen LogP contribution in [0, 0.1) is 6.92 Å². The molecule has 2 aromatic rings. The van der Waals surface area contributed by atoms with Crippen molar-refractivity contribution >= 4 is 39.5 Å². The fourth-order valence-corrected chi connectivity index (χ4v) is 2.18. The van der Waals surface area contributed by atoms with Gasteiger partial charge in [-0.05, 0) is 48.9 Å². The second kappa shape index (κ2) is 6.54. The molecule has 0 aliphatic heterocycles. The van der Waals surface area contributed by atoms with Crippen LogP contribution in [0.3, 0.4) is 0 Å². The van der Waals surface area contributed by atoms with Gasteiger partial charge in [0.25, 0.3) is 0 Å². The van der Waals surface area contributed by atoms with Crippen molar-refractivity contribution < 1.29 is 9.53 Å². The number of carbonyl (C=O) groups excluding carboxylic acids is 1. The summed E-state index contributed by atoms with van der Waals surface area (Å²) in [6.45, 7) is 3.28. The molecule has 0 bridgehead atoms. The number of nitrogen functional groups attached to an aromatic ring is 1. The van der Waals surface area contributed by atoms with E-state index in [9.17, 15) is 4.79 Å². The van der Waals surface area contributed by atoms with Crippen molar-refractivity contribution in [3.63, 3.8) is 0 Å². The van der Waals surface area contributed by atoms with Crippen molar-refractivity contribution in [2.45, 2.75) is 13.8 Å². The van der Waals surface area contributed by atoms with Gasteiger partial charge >= 0.3 is 5.97 Å². The zero-order chi connectivity index (χ0) is 15.4. The molecule has 4 nitrogen and oxygen atoms in total. The van der Waals surface area contributed by atoms with Gasteiger partial charge in [-0.1, -0.05) is 15.9 Å². The SMILES string of the molecule is CC(=O)Oc1ccc(N=Cc2cc(Br)ccc2N)c(C)c1. The van der Waals surface area contributed by atoms with E-state index in [2.05, 4.69) is 20.9 Å². The number of nitrogens with zero attached hydrogens (tertiary/aromatic N) is 1. The first-order valence-corrected chi connectivity index (χ1v) is 7.13. The Bertz CT molecular complexity index is 711. The maximum atomic E-state index is 10.9. The van der Waals surface area contributed by atoms with E-state index in [-0.39, 0.29) is 5.97 Å². The van der Waals surface area contributed by atoms with E-state index in [1.807, 2.05) is 25.1 Å². The minimum absolute atomic E-state index is 0.340. The number of ether oxygens (including phenoxy) is 1. The van der Waals surface area contributed by atoms with E-state index in [0.717, 1.165) is 21.3 Å². The highest BCUT2D eigenvalue weighted by molar-refractivity contribution is 9.10. The number of aryl methyl sites for hydroxylation is 1. The number of aliphatic imine (C=N–C) groups is 1. The van der Waals surface area contributed by atoms with Crippen molar-refractivity contribution in [2.24, 2.45) is 4.99 Å². The van der Waals surface area contributed by atoms with E-state index >= 15 is 0 Å². The number of nitrogens with two attached hydrogens (primary N) is 1. The molecule has 2 rings (SSSR count). The van der Waals surface area contributed by atoms with Crippen LogP contribution in [0.5, 0.6) is 5.75 Å². The largest absolute Gasteiger partial charge is 0.427 e. The zero-order valence-corrected chi connectivity index (χ0v) is 13.3. The summed E-state index contributed by atoms with van der Waals surface area (Å²) in [5.41, 5.74) is 9.12. The maximum absolute atomic E-state index is 10.9. The van der Waals surface area contributed by atoms with Crippen LogP contribution < -0.4 is 10.5 Å². The predicted octanol–water partition coefficient (Wildman–Crippen LogP) is 4.02. The Kier molecular flexibility index (Phi) is 4.75. The predicted molar refractivity (Wildman–Crippen MR) is 88.3 cm³/mol. The summed E-state index contributed by atoms with van der Waals surface area (Å²) in [5, 5.41) is 0. The monoisotopic (exact) mass is 346 g/mol. The highest BCUT2D eigenvalue weighted by atomic mass is 79.9. The van der Waals surface area contributed by atoms with Crippen LogP contribution in [-0.2, 0) is 4.79 Å². The summed E-state index contributed by atoms with van der Waals surface area (Å²) in [6.07, 6.45) is 1.72. The summed E-state index contributed by atoms with van der Waals surface area (Å²) in [4.78, 5) is 15.4. The van der Waals surface area contributed by atoms with Gasteiger partial charge in [-0.15, -0.1) is 0 Å². The Labute approximate surface area is 131 Å². The van der Waals surface area contributed by atoms with Crippen molar-refractivity contribution in [2.75, 3.05) is 5.73 Å². The standard InChI is InChI=1S/C16H15BrN2O2/c1-10-7-14(21-11(2)20)4-6-16(10)19-9-12-8-13(17)3-5-15(12)18/h3-9H,18H2,1-2H3. The lowest BCUT2D eigenvalue weighted by Gasteiger charge is -2.05. The third-order valence-electron chi connectivity index (χ3n) is 2.82. The summed E-state index contributed by atoms with van der Waals surface area (Å²) < 4.78 is 5.98. The van der Waals surface area contributed by atoms with Crippen LogP contribution in [0.25, 0.3) is 0 Å². The van der Waals surface area contributed by atoms with Crippen LogP contribution in [0.1, 0.15) is 18.1 Å². The first-order chi connectivity index (χ1) is 9.95. The van der Waals surface area contributed by atoms with Crippen molar-refractivity contribution in [3.05, 3.63) is 52.0 Å². The molecule has 0 unspecified atom stereocenters. The van der Waals surface area contributed by atoms with Crippen molar-refractivity contribution in [1.82, 2.24) is 0 Å². The number of esters is 1. The quantitative estimate of drug-likeness (QED) is 0.395. The summed E-state index contributed by atoms with van der Waals surface area (Å²) in [6, 6.07) is 10.9. The first-order valence-electron chi connectivity index (χ1n) is 6.34. The van der Waals surface area contributed by atoms with Crippen LogP contribution in [0.4, 0.5) is 11.4 Å². The van der Waals surface area contributed by atoms with Crippen LogP contribution >= 0.6 is 15.9 Å². The highest BCUT2D eigenvalue weighted by Gasteiger charge is 2.02. The molecule has 0 amide bonds. The molecular weight excluding hydrogens is 332 g/mol. The number of rotatable bonds is 3. The van der Waals surface area contributed by atoms with E-state index in [4.69, 9.17) is 10.5 Å². The van der Waals surface area contributed by atoms with Gasteiger partial charge in [-0.25, -0.2) is 0 Å². The molecule has 108 valence electrons. The number of carbonyl (C=O) groups is 1. The van der Waals surface area contributed by atoms with E-state index in [0.29, 0.717) is 11.4 Å². The molecule has 0 radical (unpaired) electrons. The Morgan fingerprint density at radius 1 is 1.29 bits per heavy atom. The van der Waals surface area contributed by atoms with Crippen molar-refractivity contribution in [3.8, 4) is 5.75 Å². The van der Waals surface area contributed by atoms with Gasteiger partial charge in [-0.2, -0.15) is 0 Å². The lowest BCUT2D eigenvalue weighted by Crippen LogP contribution is -2.01. The third kappa shape index (κ3) is 4.16. The van der Waals surface area contributed by atoms with Gasteiger partial charge in [0.2, 0.25) is 0 Å². The topological polar surface area (TPSA) is 64.7 Å². The molecular formula is C16H15BrN2O2. The van der Waals surface area contributed by atoms with Crippen LogP contribution in [0.2, 0.25) is 0 Å². The molecule has 0 atom stereocenters. The molecule has 0 heterocycles. The van der Waals surface area contributed by atoms with Crippen LogP contribution in [0.15, 0.2) is 45.9 Å². The number of halogens is 1. The second-order valence-corrected chi connectivity index (χ2v) is 5.49. The van der Waals surface area contributed by atoms with E-state index in [1.165, 1.54) is 6.92 Å². The molecule has 2 N–H and O–H groups in total. The van der Waals surface area contributed by atoms with Gasteiger partial charge < -0.3 is 10.5 Å². The first kappa shape index (κ1) is 15.3. The normalized spacial score (nSPS) is 10.8.